The predicted molar refractivity (Wildman–Crippen MR) is 93.4 cm³/mol. The first-order valence-corrected chi connectivity index (χ1v) is 7.47. The van der Waals surface area contributed by atoms with Gasteiger partial charge in [-0.2, -0.15) is 0 Å². The molecule has 3 aromatic rings. The molecule has 2 aromatic carbocycles. The molecule has 0 aliphatic carbocycles. The molecular formula is C18H17N3O3. The normalized spacial score (nSPS) is 10.4. The summed E-state index contributed by atoms with van der Waals surface area (Å²) in [6, 6.07) is 14.1. The summed E-state index contributed by atoms with van der Waals surface area (Å²) in [5.41, 5.74) is 2.74. The topological polar surface area (TPSA) is 83.4 Å². The van der Waals surface area contributed by atoms with Gasteiger partial charge in [-0.15, -0.1) is 0 Å². The molecule has 3 amide bonds. The van der Waals surface area contributed by atoms with Gasteiger partial charge in [0.1, 0.15) is 5.58 Å². The van der Waals surface area contributed by atoms with E-state index < -0.39 is 0 Å². The summed E-state index contributed by atoms with van der Waals surface area (Å²) in [6.45, 7) is 1.86. The Morgan fingerprint density at radius 2 is 1.54 bits per heavy atom. The molecule has 1 aromatic heterocycles. The van der Waals surface area contributed by atoms with Crippen LogP contribution in [-0.2, 0) is 0 Å². The van der Waals surface area contributed by atoms with Gasteiger partial charge in [-0.1, -0.05) is 18.2 Å². The maximum Gasteiger partial charge on any atom is 0.318 e. The molecule has 0 fully saturated rings. The number of benzene rings is 2. The van der Waals surface area contributed by atoms with Crippen LogP contribution in [0.25, 0.3) is 11.0 Å². The standard InChI is InChI=1S/C18H17N3O3/c1-11-14-5-3-4-6-15(14)24-16(11)17(22)20-12-7-9-13(10-8-12)21-18(23)19-2/h3-10H,1-2H3,(H,20,22)(H2,19,21,23). The molecule has 1 heterocycles. The largest absolute Gasteiger partial charge is 0.451 e. The Bertz CT molecular complexity index is 898. The van der Waals surface area contributed by atoms with E-state index in [1.807, 2.05) is 31.2 Å². The minimum absolute atomic E-state index is 0.295. The van der Waals surface area contributed by atoms with Gasteiger partial charge in [0.05, 0.1) is 0 Å². The third-order valence-electron chi connectivity index (χ3n) is 3.68. The number of nitrogens with one attached hydrogen (secondary N) is 3. The van der Waals surface area contributed by atoms with Crippen molar-refractivity contribution in [3.8, 4) is 0 Å². The number of para-hydroxylation sites is 1. The maximum atomic E-state index is 12.4. The molecule has 0 aliphatic rings. The number of hydrogen-bond donors (Lipinski definition) is 3. The van der Waals surface area contributed by atoms with Gasteiger partial charge in [-0.05, 0) is 37.3 Å². The average molecular weight is 323 g/mol. The van der Waals surface area contributed by atoms with Crippen LogP contribution < -0.4 is 16.0 Å². The first-order chi connectivity index (χ1) is 11.6. The molecule has 0 saturated heterocycles. The quantitative estimate of drug-likeness (QED) is 0.686. The Morgan fingerprint density at radius 1 is 0.917 bits per heavy atom. The second kappa shape index (κ2) is 6.45. The van der Waals surface area contributed by atoms with Crippen molar-refractivity contribution in [1.82, 2.24) is 5.32 Å². The van der Waals surface area contributed by atoms with E-state index >= 15 is 0 Å². The van der Waals surface area contributed by atoms with E-state index in [0.717, 1.165) is 10.9 Å². The lowest BCUT2D eigenvalue weighted by atomic mass is 10.1. The fourth-order valence-corrected chi connectivity index (χ4v) is 2.41. The first-order valence-electron chi connectivity index (χ1n) is 7.47. The Hall–Kier alpha value is -3.28. The molecule has 0 radical (unpaired) electrons. The Labute approximate surface area is 138 Å². The number of carbonyl (C=O) groups excluding carboxylic acids is 2. The van der Waals surface area contributed by atoms with Crippen LogP contribution in [0.15, 0.2) is 52.9 Å². The Kier molecular flexibility index (Phi) is 4.20. The van der Waals surface area contributed by atoms with Crippen LogP contribution in [0.2, 0.25) is 0 Å². The van der Waals surface area contributed by atoms with Crippen molar-refractivity contribution in [3.63, 3.8) is 0 Å². The van der Waals surface area contributed by atoms with Crippen LogP contribution in [-0.4, -0.2) is 19.0 Å². The van der Waals surface area contributed by atoms with Crippen molar-refractivity contribution in [2.24, 2.45) is 0 Å². The molecular weight excluding hydrogens is 306 g/mol. The highest BCUT2D eigenvalue weighted by Gasteiger charge is 2.17. The smallest absolute Gasteiger partial charge is 0.318 e. The molecule has 0 atom stereocenters. The van der Waals surface area contributed by atoms with Crippen molar-refractivity contribution in [2.75, 3.05) is 17.7 Å². The second-order valence-electron chi connectivity index (χ2n) is 5.29. The van der Waals surface area contributed by atoms with Gasteiger partial charge in [-0.25, -0.2) is 4.79 Å². The number of aryl methyl sites for hydroxylation is 1. The third-order valence-corrected chi connectivity index (χ3v) is 3.68. The van der Waals surface area contributed by atoms with E-state index in [0.29, 0.717) is 22.7 Å². The molecule has 0 bridgehead atoms. The number of anilines is 2. The van der Waals surface area contributed by atoms with Crippen LogP contribution >= 0.6 is 0 Å². The van der Waals surface area contributed by atoms with Crippen LogP contribution in [0.1, 0.15) is 16.1 Å². The summed E-state index contributed by atoms with van der Waals surface area (Å²) >= 11 is 0. The number of urea groups is 1. The fraction of sp³-hybridized carbons (Fsp3) is 0.111. The number of hydrogen-bond acceptors (Lipinski definition) is 3. The van der Waals surface area contributed by atoms with Crippen molar-refractivity contribution in [3.05, 3.63) is 59.9 Å². The van der Waals surface area contributed by atoms with Crippen molar-refractivity contribution in [2.45, 2.75) is 6.92 Å². The van der Waals surface area contributed by atoms with E-state index in [1.165, 1.54) is 0 Å². The average Bonchev–Trinajstić information content (AvgIpc) is 2.94. The van der Waals surface area contributed by atoms with Gasteiger partial charge in [0.25, 0.3) is 5.91 Å². The fourth-order valence-electron chi connectivity index (χ4n) is 2.41. The van der Waals surface area contributed by atoms with E-state index in [1.54, 1.807) is 31.3 Å². The van der Waals surface area contributed by atoms with Crippen molar-refractivity contribution < 1.29 is 14.0 Å². The molecule has 0 aliphatic heterocycles. The number of rotatable bonds is 3. The summed E-state index contributed by atoms with van der Waals surface area (Å²) in [6.07, 6.45) is 0. The highest BCUT2D eigenvalue weighted by atomic mass is 16.3. The number of fused-ring (bicyclic) bond motifs is 1. The second-order valence-corrected chi connectivity index (χ2v) is 5.29. The first kappa shape index (κ1) is 15.6. The molecule has 0 unspecified atom stereocenters. The van der Waals surface area contributed by atoms with Gasteiger partial charge < -0.3 is 20.4 Å². The molecule has 122 valence electrons. The zero-order chi connectivity index (χ0) is 17.1. The van der Waals surface area contributed by atoms with Crippen molar-refractivity contribution >= 4 is 34.3 Å². The number of amides is 3. The predicted octanol–water partition coefficient (Wildman–Crippen LogP) is 3.74. The molecule has 3 N–H and O–H groups in total. The Balaban J connectivity index is 1.76. The van der Waals surface area contributed by atoms with Gasteiger partial charge in [0, 0.05) is 29.4 Å². The van der Waals surface area contributed by atoms with Crippen LogP contribution in [0, 0.1) is 6.92 Å². The summed E-state index contributed by atoms with van der Waals surface area (Å²) in [5.74, 6) is -0.0144. The third kappa shape index (κ3) is 3.08. The highest BCUT2D eigenvalue weighted by Crippen LogP contribution is 2.25. The van der Waals surface area contributed by atoms with E-state index in [4.69, 9.17) is 4.42 Å². The zero-order valence-corrected chi connectivity index (χ0v) is 13.3. The summed E-state index contributed by atoms with van der Waals surface area (Å²) in [4.78, 5) is 23.7. The lowest BCUT2D eigenvalue weighted by Gasteiger charge is -2.07. The molecule has 0 saturated carbocycles. The molecule has 3 rings (SSSR count). The van der Waals surface area contributed by atoms with Gasteiger partial charge in [0.15, 0.2) is 5.76 Å². The maximum absolute atomic E-state index is 12.4. The van der Waals surface area contributed by atoms with E-state index in [2.05, 4.69) is 16.0 Å². The molecule has 24 heavy (non-hydrogen) atoms. The summed E-state index contributed by atoms with van der Waals surface area (Å²) in [5, 5.41) is 8.84. The zero-order valence-electron chi connectivity index (χ0n) is 13.3. The molecule has 6 heteroatoms. The van der Waals surface area contributed by atoms with Gasteiger partial charge in [0.2, 0.25) is 0 Å². The SMILES string of the molecule is CNC(=O)Nc1ccc(NC(=O)c2oc3ccccc3c2C)cc1. The monoisotopic (exact) mass is 323 g/mol. The number of carbonyl (C=O) groups is 2. The minimum atomic E-state index is -0.310. The lowest BCUT2D eigenvalue weighted by Crippen LogP contribution is -2.24. The number of furan rings is 1. The highest BCUT2D eigenvalue weighted by molar-refractivity contribution is 6.06. The van der Waals surface area contributed by atoms with E-state index in [-0.39, 0.29) is 11.9 Å². The van der Waals surface area contributed by atoms with E-state index in [9.17, 15) is 9.59 Å². The van der Waals surface area contributed by atoms with Crippen LogP contribution in [0.4, 0.5) is 16.2 Å². The summed E-state index contributed by atoms with van der Waals surface area (Å²) < 4.78 is 5.65. The van der Waals surface area contributed by atoms with Crippen LogP contribution in [0.5, 0.6) is 0 Å². The van der Waals surface area contributed by atoms with Crippen molar-refractivity contribution in [1.29, 1.82) is 0 Å². The van der Waals surface area contributed by atoms with Gasteiger partial charge in [-0.3, -0.25) is 4.79 Å². The molecule has 6 nitrogen and oxygen atoms in total. The summed E-state index contributed by atoms with van der Waals surface area (Å²) in [7, 11) is 1.54. The lowest BCUT2D eigenvalue weighted by molar-refractivity contribution is 0.0998. The van der Waals surface area contributed by atoms with Gasteiger partial charge >= 0.3 is 6.03 Å². The minimum Gasteiger partial charge on any atom is -0.451 e. The molecule has 0 spiro atoms. The Morgan fingerprint density at radius 3 is 2.17 bits per heavy atom. The van der Waals surface area contributed by atoms with Crippen LogP contribution in [0.3, 0.4) is 0 Å².